The van der Waals surface area contributed by atoms with Crippen LogP contribution in [0.15, 0.2) is 84.2 Å². The van der Waals surface area contributed by atoms with Crippen molar-refractivity contribution in [3.8, 4) is 16.9 Å². The molecule has 4 aromatic rings. The molecule has 0 saturated heterocycles. The number of fused-ring (bicyclic) bond motifs is 1. The van der Waals surface area contributed by atoms with E-state index in [2.05, 4.69) is 5.32 Å². The Labute approximate surface area is 209 Å². The van der Waals surface area contributed by atoms with Gasteiger partial charge in [0.2, 0.25) is 0 Å². The summed E-state index contributed by atoms with van der Waals surface area (Å²) in [7, 11) is 1.54. The predicted octanol–water partition coefficient (Wildman–Crippen LogP) is 6.66. The maximum Gasteiger partial charge on any atom is 0.258 e. The van der Waals surface area contributed by atoms with E-state index in [1.54, 1.807) is 42.7 Å². The number of rotatable bonds is 5. The Morgan fingerprint density at radius 2 is 1.74 bits per heavy atom. The first-order chi connectivity index (χ1) is 17.2. The molecule has 6 heteroatoms. The van der Waals surface area contributed by atoms with Crippen LogP contribution >= 0.6 is 11.3 Å². The molecule has 0 saturated carbocycles. The van der Waals surface area contributed by atoms with Crippen molar-refractivity contribution in [2.24, 2.45) is 0 Å². The van der Waals surface area contributed by atoms with Crippen LogP contribution in [0.3, 0.4) is 0 Å². The second-order valence-electron chi connectivity index (χ2n) is 8.42. The molecule has 176 valence electrons. The van der Waals surface area contributed by atoms with Gasteiger partial charge in [-0.25, -0.2) is 0 Å². The quantitative estimate of drug-likeness (QED) is 0.346. The molecule has 0 atom stereocenters. The molecule has 0 radical (unpaired) electrons. The zero-order valence-electron chi connectivity index (χ0n) is 19.5. The van der Waals surface area contributed by atoms with Crippen LogP contribution in [0.1, 0.15) is 38.4 Å². The van der Waals surface area contributed by atoms with Crippen LogP contribution in [0.25, 0.3) is 11.1 Å². The van der Waals surface area contributed by atoms with Crippen molar-refractivity contribution in [2.75, 3.05) is 23.9 Å². The fraction of sp³-hybridized carbons (Fsp3) is 0.172. The normalized spacial score (nSPS) is 13.0. The number of carbonyl (C=O) groups excluding carboxylic acids is 2. The summed E-state index contributed by atoms with van der Waals surface area (Å²) in [6, 6.07) is 24.5. The standard InChI is InChI=1S/C29H26N2O3S/c1-34-26-19-21(29(33)31-17-8-7-13-27-25(31)16-18-35-27)14-15-24(26)30-28(32)23-12-6-5-11-22(23)20-9-3-2-4-10-20/h2-6,9-12,14-16,18-19H,7-8,13,17H2,1H3,(H,30,32). The highest BCUT2D eigenvalue weighted by Crippen LogP contribution is 2.34. The number of anilines is 2. The Morgan fingerprint density at radius 1 is 0.943 bits per heavy atom. The van der Waals surface area contributed by atoms with E-state index in [-0.39, 0.29) is 11.8 Å². The van der Waals surface area contributed by atoms with E-state index in [4.69, 9.17) is 4.74 Å². The maximum absolute atomic E-state index is 13.4. The molecule has 35 heavy (non-hydrogen) atoms. The van der Waals surface area contributed by atoms with Crippen LogP contribution in [0.2, 0.25) is 0 Å². The van der Waals surface area contributed by atoms with Gasteiger partial charge in [-0.1, -0.05) is 48.5 Å². The van der Waals surface area contributed by atoms with Crippen molar-refractivity contribution in [1.82, 2.24) is 0 Å². The number of carbonyl (C=O) groups is 2. The van der Waals surface area contributed by atoms with Crippen LogP contribution in [-0.4, -0.2) is 25.5 Å². The van der Waals surface area contributed by atoms with Gasteiger partial charge in [-0.3, -0.25) is 9.59 Å². The molecule has 1 N–H and O–H groups in total. The minimum Gasteiger partial charge on any atom is -0.495 e. The molecule has 2 heterocycles. The molecule has 1 aromatic heterocycles. The fourth-order valence-electron chi connectivity index (χ4n) is 4.47. The zero-order chi connectivity index (χ0) is 24.2. The van der Waals surface area contributed by atoms with E-state index >= 15 is 0 Å². The average Bonchev–Trinajstić information content (AvgIpc) is 3.28. The van der Waals surface area contributed by atoms with E-state index in [0.717, 1.165) is 36.1 Å². The fourth-order valence-corrected chi connectivity index (χ4v) is 5.39. The maximum atomic E-state index is 13.4. The summed E-state index contributed by atoms with van der Waals surface area (Å²) in [5.41, 5.74) is 4.44. The first-order valence-corrected chi connectivity index (χ1v) is 12.6. The van der Waals surface area contributed by atoms with Gasteiger partial charge in [0, 0.05) is 22.5 Å². The van der Waals surface area contributed by atoms with E-state index in [0.29, 0.717) is 29.1 Å². The van der Waals surface area contributed by atoms with Gasteiger partial charge in [0.05, 0.1) is 18.5 Å². The molecular weight excluding hydrogens is 456 g/mol. The van der Waals surface area contributed by atoms with Gasteiger partial charge in [-0.05, 0) is 66.1 Å². The van der Waals surface area contributed by atoms with Gasteiger partial charge < -0.3 is 15.0 Å². The zero-order valence-corrected chi connectivity index (χ0v) is 20.3. The van der Waals surface area contributed by atoms with Gasteiger partial charge in [-0.2, -0.15) is 0 Å². The van der Waals surface area contributed by atoms with Crippen molar-refractivity contribution in [3.63, 3.8) is 0 Å². The lowest BCUT2D eigenvalue weighted by atomic mass is 9.99. The number of ether oxygens (including phenoxy) is 1. The number of nitrogens with one attached hydrogen (secondary N) is 1. The number of benzene rings is 3. The number of hydrogen-bond acceptors (Lipinski definition) is 4. The van der Waals surface area contributed by atoms with Crippen molar-refractivity contribution < 1.29 is 14.3 Å². The minimum atomic E-state index is -0.239. The van der Waals surface area contributed by atoms with Crippen molar-refractivity contribution in [1.29, 1.82) is 0 Å². The molecule has 5 nitrogen and oxygen atoms in total. The van der Waals surface area contributed by atoms with Crippen molar-refractivity contribution in [2.45, 2.75) is 19.3 Å². The second kappa shape index (κ2) is 10.2. The van der Waals surface area contributed by atoms with Gasteiger partial charge in [0.1, 0.15) is 5.75 Å². The number of nitrogens with zero attached hydrogens (tertiary/aromatic N) is 1. The Bertz CT molecular complexity index is 1360. The molecule has 5 rings (SSSR count). The molecule has 0 unspecified atom stereocenters. The summed E-state index contributed by atoms with van der Waals surface area (Å²) in [5.74, 6) is 0.149. The highest BCUT2D eigenvalue weighted by atomic mass is 32.1. The van der Waals surface area contributed by atoms with Gasteiger partial charge >= 0.3 is 0 Å². The van der Waals surface area contributed by atoms with Gasteiger partial charge in [-0.15, -0.1) is 11.3 Å². The van der Waals surface area contributed by atoms with Crippen LogP contribution < -0.4 is 15.0 Å². The molecule has 2 amide bonds. The molecule has 1 aliphatic heterocycles. The first kappa shape index (κ1) is 22.9. The van der Waals surface area contributed by atoms with E-state index in [1.807, 2.05) is 64.9 Å². The summed E-state index contributed by atoms with van der Waals surface area (Å²) in [5, 5.41) is 5.01. The minimum absolute atomic E-state index is 0.0582. The lowest BCUT2D eigenvalue weighted by Gasteiger charge is -2.22. The molecular formula is C29H26N2O3S. The largest absolute Gasteiger partial charge is 0.495 e. The topological polar surface area (TPSA) is 58.6 Å². The van der Waals surface area contributed by atoms with Crippen LogP contribution in [0.5, 0.6) is 5.75 Å². The summed E-state index contributed by atoms with van der Waals surface area (Å²) in [4.78, 5) is 29.8. The van der Waals surface area contributed by atoms with Crippen LogP contribution in [0, 0.1) is 0 Å². The Balaban J connectivity index is 1.41. The lowest BCUT2D eigenvalue weighted by molar-refractivity contribution is 0.0985. The molecule has 1 aliphatic rings. The first-order valence-electron chi connectivity index (χ1n) is 11.7. The third kappa shape index (κ3) is 4.70. The third-order valence-electron chi connectivity index (χ3n) is 6.25. The Kier molecular flexibility index (Phi) is 6.64. The molecule has 0 fully saturated rings. The highest BCUT2D eigenvalue weighted by Gasteiger charge is 2.24. The molecule has 0 bridgehead atoms. The monoisotopic (exact) mass is 482 g/mol. The molecule has 0 spiro atoms. The number of thiophene rings is 1. The van der Waals surface area contributed by atoms with E-state index in [9.17, 15) is 9.59 Å². The van der Waals surface area contributed by atoms with Gasteiger partial charge in [0.15, 0.2) is 0 Å². The van der Waals surface area contributed by atoms with E-state index in [1.165, 1.54) is 4.88 Å². The average molecular weight is 483 g/mol. The summed E-state index contributed by atoms with van der Waals surface area (Å²) in [6.45, 7) is 0.694. The van der Waals surface area contributed by atoms with E-state index < -0.39 is 0 Å². The number of amides is 2. The van der Waals surface area contributed by atoms with Crippen LogP contribution in [0.4, 0.5) is 11.4 Å². The highest BCUT2D eigenvalue weighted by molar-refractivity contribution is 7.10. The predicted molar refractivity (Wildman–Crippen MR) is 142 cm³/mol. The lowest BCUT2D eigenvalue weighted by Crippen LogP contribution is -2.31. The Morgan fingerprint density at radius 3 is 2.57 bits per heavy atom. The number of aryl methyl sites for hydroxylation is 1. The summed E-state index contributed by atoms with van der Waals surface area (Å²) in [6.07, 6.45) is 3.06. The van der Waals surface area contributed by atoms with Crippen molar-refractivity contribution in [3.05, 3.63) is 100 Å². The third-order valence-corrected chi connectivity index (χ3v) is 7.22. The molecule has 0 aliphatic carbocycles. The van der Waals surface area contributed by atoms with Crippen molar-refractivity contribution >= 4 is 34.5 Å². The van der Waals surface area contributed by atoms with Gasteiger partial charge in [0.25, 0.3) is 11.8 Å². The smallest absolute Gasteiger partial charge is 0.258 e. The SMILES string of the molecule is COc1cc(C(=O)N2CCCCc3sccc32)ccc1NC(=O)c1ccccc1-c1ccccc1. The van der Waals surface area contributed by atoms with Crippen LogP contribution in [-0.2, 0) is 6.42 Å². The summed E-state index contributed by atoms with van der Waals surface area (Å²) >= 11 is 1.70. The summed E-state index contributed by atoms with van der Waals surface area (Å²) < 4.78 is 5.57. The second-order valence-corrected chi connectivity index (χ2v) is 9.42. The molecule has 3 aromatic carbocycles. The Hall–Kier alpha value is -3.90. The number of methoxy groups -OCH3 is 1. The number of hydrogen-bond donors (Lipinski definition) is 1.